The zero-order chi connectivity index (χ0) is 87.9. The zero-order valence-corrected chi connectivity index (χ0v) is 67.5. The van der Waals surface area contributed by atoms with Gasteiger partial charge in [0.05, 0.1) is 64.3 Å². The number of carbonyl (C=O) groups is 10. The Balaban J connectivity index is 0.000000322. The number of nitrogens with one attached hydrogen (secondary N) is 5. The van der Waals surface area contributed by atoms with E-state index in [2.05, 4.69) is 43.3 Å². The summed E-state index contributed by atoms with van der Waals surface area (Å²) < 4.78 is 40.1. The second-order valence-electron chi connectivity index (χ2n) is 26.0. The van der Waals surface area contributed by atoms with Gasteiger partial charge in [-0.15, -0.1) is 0 Å². The molecular formula is C86H89N9O26. The van der Waals surface area contributed by atoms with Crippen molar-refractivity contribution in [1.82, 2.24) is 21.7 Å². The average Bonchev–Trinajstić information content (AvgIpc) is 1.58. The lowest BCUT2D eigenvalue weighted by atomic mass is 9.97. The molecule has 634 valence electrons. The van der Waals surface area contributed by atoms with E-state index in [1.54, 1.807) is 74.5 Å². The van der Waals surface area contributed by atoms with Crippen LogP contribution in [0, 0.1) is 13.8 Å². The number of aromatic carboxylic acids is 3. The number of amides is 4. The van der Waals surface area contributed by atoms with Crippen molar-refractivity contribution in [3.05, 3.63) is 298 Å². The molecule has 35 nitrogen and oxygen atoms in total. The number of carboxylic acids is 3. The maximum absolute atomic E-state index is 12.8. The Hall–Kier alpha value is -15.7. The number of esters is 2. The molecule has 11 aromatic rings. The summed E-state index contributed by atoms with van der Waals surface area (Å²) in [5.41, 5.74) is 9.95. The molecule has 0 saturated carbocycles. The van der Waals surface area contributed by atoms with Crippen LogP contribution in [0.1, 0.15) is 97.5 Å². The Bertz CT molecular complexity index is 5510. The van der Waals surface area contributed by atoms with Crippen LogP contribution in [0.25, 0.3) is 21.5 Å². The Morgan fingerprint density at radius 1 is 0.471 bits per heavy atom. The quantitative estimate of drug-likeness (QED) is 0.0130. The van der Waals surface area contributed by atoms with Crippen LogP contribution in [-0.2, 0) is 23.9 Å². The predicted molar refractivity (Wildman–Crippen MR) is 446 cm³/mol. The van der Waals surface area contributed by atoms with Gasteiger partial charge in [0.2, 0.25) is 0 Å². The van der Waals surface area contributed by atoms with Crippen LogP contribution in [0.5, 0.6) is 40.2 Å². The molecule has 0 unspecified atom stereocenters. The minimum atomic E-state index is -1.78. The lowest BCUT2D eigenvalue weighted by Gasteiger charge is -2.17. The Kier molecular flexibility index (Phi) is 37.7. The molecule has 0 aliphatic carbocycles. The second kappa shape index (κ2) is 46.7. The molecule has 0 aliphatic rings. The molecule has 35 heteroatoms. The van der Waals surface area contributed by atoms with E-state index in [9.17, 15) is 82.4 Å². The maximum atomic E-state index is 12.8. The van der Waals surface area contributed by atoms with Crippen molar-refractivity contribution in [2.45, 2.75) is 27.7 Å². The summed E-state index contributed by atoms with van der Waals surface area (Å²) in [6, 6.07) is 48.0. The molecule has 4 amide bonds. The standard InChI is InChI=1S/2C24H20N2O7.C12H12N2O.C10H2O6.2C8H15NO2.H3N.H2O/c1-14-3-7-16(8-4-14)33-17-9-5-15(6-10-17)26-23(29)18-11-20(22(28)25-2)21(32-13-27)12-19(18)24(30)31;1-13-3-7-15(8-4-13)33-16-9-5-14(6-10-16)26-22(28)18-11-17(21(27)25-2)19(23(29)30)12-20(18)24(31)32;13-9-1-5-11(6-2-9)15-12-7-3-10(14)4-8-12;11-7-3-1-4-6(10(14)16-8(4)12)2-5(3)9(13)15-7;2*1-7(2)8(10)11-6-5-9(3)4;;/h3-13H,1-2H3,(H,25,28)(H,26,29)(H,30,31);3-12H,1-2H3,(H,25,27)(H,26,28)(H,29,30)(H,31,32);1-8H,13-14H2;1-2H;2*1,5-6H2,2-4H3;1H3;1H2. The summed E-state index contributed by atoms with van der Waals surface area (Å²) in [4.78, 5) is 165. The lowest BCUT2D eigenvalue weighted by Crippen LogP contribution is -3.06. The van der Waals surface area contributed by atoms with Gasteiger partial charge in [-0.3, -0.25) is 24.0 Å². The van der Waals surface area contributed by atoms with E-state index < -0.39 is 91.9 Å². The van der Waals surface area contributed by atoms with E-state index in [-0.39, 0.29) is 68.5 Å². The summed E-state index contributed by atoms with van der Waals surface area (Å²) in [7, 11) is 10.5. The monoisotopic (exact) mass is 1660 g/mol. The van der Waals surface area contributed by atoms with Crippen LogP contribution in [-0.4, -0.2) is 144 Å². The van der Waals surface area contributed by atoms with Gasteiger partial charge in [0.1, 0.15) is 60.0 Å². The van der Waals surface area contributed by atoms with Crippen molar-refractivity contribution in [2.75, 3.05) is 90.7 Å². The number of ether oxygens (including phenoxy) is 6. The van der Waals surface area contributed by atoms with Crippen molar-refractivity contribution < 1.29 is 111 Å². The van der Waals surface area contributed by atoms with E-state index in [0.29, 0.717) is 64.8 Å². The van der Waals surface area contributed by atoms with Crippen molar-refractivity contribution in [3.63, 3.8) is 0 Å². The number of aryl methyl sites for hydroxylation is 2. The first-order valence-electron chi connectivity index (χ1n) is 35.5. The Morgan fingerprint density at radius 2 is 0.777 bits per heavy atom. The highest BCUT2D eigenvalue weighted by molar-refractivity contribution is 6.15. The first kappa shape index (κ1) is 97.6. The molecule has 0 saturated heterocycles. The van der Waals surface area contributed by atoms with Gasteiger partial charge in [0.15, 0.2) is 0 Å². The third-order valence-corrected chi connectivity index (χ3v) is 16.0. The van der Waals surface area contributed by atoms with Crippen molar-refractivity contribution in [2.24, 2.45) is 0 Å². The number of carbonyl (C=O) groups excluding carboxylic acids is 9. The van der Waals surface area contributed by atoms with Gasteiger partial charge in [-0.1, -0.05) is 48.6 Å². The van der Waals surface area contributed by atoms with Crippen LogP contribution in [0.3, 0.4) is 0 Å². The number of hydrogen-bond acceptors (Lipinski definition) is 27. The minimum Gasteiger partial charge on any atom is -0.545 e. The smallest absolute Gasteiger partial charge is 0.346 e. The first-order valence-corrected chi connectivity index (χ1v) is 35.5. The number of hydrogen-bond donors (Lipinski definition) is 9. The summed E-state index contributed by atoms with van der Waals surface area (Å²) >= 11 is 0. The van der Waals surface area contributed by atoms with Gasteiger partial charge in [-0.2, -0.15) is 0 Å². The SMILES string of the molecule is C=C(C)C(=O)OCCN(C)C.C=C(C)C(=O)OCC[NH+](C)C.CNC(=O)c1cc(C(=O)Nc2ccc(Oc3ccc(C)cc3)cc2)c(C(=O)O)cc1OC=O.CNC(=O)c1cc(C(=O)Nc2ccc(Oc3ccc(C)cc3)cc2)c(C(=O)[O-])cc1C(=O)[O-].Nc1ccc(Oc2ccc(N)cc2)cc1.O.O=c1oc(=O)c2cc3c(=O)oc(=O)c3cc12.[NH4+]. The third-order valence-electron chi connectivity index (χ3n) is 16.0. The molecule has 0 fully saturated rings. The molecule has 16 N–H and O–H groups in total. The van der Waals surface area contributed by atoms with Gasteiger partial charge in [-0.05, 0) is 200 Å². The van der Waals surface area contributed by atoms with Gasteiger partial charge in [0, 0.05) is 76.8 Å². The van der Waals surface area contributed by atoms with Gasteiger partial charge < -0.3 is 116 Å². The number of likely N-dealkylation sites (N-methyl/N-ethyl adjacent to an activating group) is 2. The number of anilines is 4. The fraction of sp³-hybridized carbons (Fsp3) is 0.163. The van der Waals surface area contributed by atoms with E-state index in [0.717, 1.165) is 77.4 Å². The second-order valence-corrected chi connectivity index (χ2v) is 26.0. The number of carboxylic acid groups (broad SMARTS) is 3. The Morgan fingerprint density at radius 3 is 1.09 bits per heavy atom. The fourth-order valence-corrected chi connectivity index (χ4v) is 9.73. The third kappa shape index (κ3) is 29.8. The number of furan rings is 2. The first-order chi connectivity index (χ1) is 56.4. The molecule has 11 rings (SSSR count). The van der Waals surface area contributed by atoms with E-state index in [1.165, 1.54) is 31.1 Å². The maximum Gasteiger partial charge on any atom is 0.346 e. The fourth-order valence-electron chi connectivity index (χ4n) is 9.73. The normalized spacial score (nSPS) is 10.1. The number of benzene rings is 9. The summed E-state index contributed by atoms with van der Waals surface area (Å²) in [5.74, 6) is -5.15. The molecule has 2 aromatic heterocycles. The molecule has 0 aliphatic heterocycles. The molecule has 0 spiro atoms. The molecule has 0 bridgehead atoms. The highest BCUT2D eigenvalue weighted by Gasteiger charge is 2.25. The molecule has 0 atom stereocenters. The van der Waals surface area contributed by atoms with Crippen LogP contribution in [0.15, 0.2) is 234 Å². The molecule has 9 aromatic carbocycles. The zero-order valence-electron chi connectivity index (χ0n) is 67.5. The van der Waals surface area contributed by atoms with Crippen molar-refractivity contribution in [3.8, 4) is 40.2 Å². The molecule has 2 heterocycles. The molecule has 0 radical (unpaired) electrons. The highest BCUT2D eigenvalue weighted by Crippen LogP contribution is 2.30. The van der Waals surface area contributed by atoms with E-state index >= 15 is 0 Å². The van der Waals surface area contributed by atoms with Gasteiger partial charge >= 0.3 is 40.4 Å². The lowest BCUT2D eigenvalue weighted by molar-refractivity contribution is -0.858. The van der Waals surface area contributed by atoms with Crippen LogP contribution in [0.2, 0.25) is 0 Å². The largest absolute Gasteiger partial charge is 0.545 e. The molecular weight excluding hydrogens is 1570 g/mol. The highest BCUT2D eigenvalue weighted by atomic mass is 16.5. The van der Waals surface area contributed by atoms with Crippen LogP contribution in [0.4, 0.5) is 22.7 Å². The number of nitrogens with two attached hydrogens (primary N) is 2. The summed E-state index contributed by atoms with van der Waals surface area (Å²) in [6.07, 6.45) is 0. The Labute approximate surface area is 690 Å². The predicted octanol–water partition coefficient (Wildman–Crippen LogP) is 6.37. The number of rotatable bonds is 25. The number of nitrogen functional groups attached to an aromatic ring is 2. The van der Waals surface area contributed by atoms with Gasteiger partial charge in [0.25, 0.3) is 30.1 Å². The summed E-state index contributed by atoms with van der Waals surface area (Å²) in [5, 5.41) is 42.0. The average molecular weight is 1660 g/mol. The van der Waals surface area contributed by atoms with Crippen molar-refractivity contribution in [1.29, 1.82) is 0 Å². The number of quaternary nitrogens is 2. The van der Waals surface area contributed by atoms with E-state index in [4.69, 9.17) is 39.9 Å². The minimum absolute atomic E-state index is 0. The van der Waals surface area contributed by atoms with E-state index in [1.807, 2.05) is 120 Å². The number of fused-ring (bicyclic) bond motifs is 2. The van der Waals surface area contributed by atoms with Crippen molar-refractivity contribution >= 4 is 104 Å². The van der Waals surface area contributed by atoms with Crippen LogP contribution < -0.4 is 95.4 Å². The number of nitrogens with zero attached hydrogens (tertiary/aromatic N) is 1. The van der Waals surface area contributed by atoms with Crippen LogP contribution >= 0.6 is 0 Å². The molecule has 121 heavy (non-hydrogen) atoms. The topological polar surface area (TPSA) is 563 Å². The summed E-state index contributed by atoms with van der Waals surface area (Å²) in [6.45, 7) is 16.7. The van der Waals surface area contributed by atoms with Gasteiger partial charge in [-0.25, -0.2) is 33.6 Å².